The average Bonchev–Trinajstić information content (AvgIpc) is 2.65. The SMILES string of the molecule is CNCCN1CC(c2ccncc2)N(C)C1=O. The van der Waals surface area contributed by atoms with Crippen molar-refractivity contribution >= 4 is 6.03 Å². The molecule has 0 bridgehead atoms. The fourth-order valence-electron chi connectivity index (χ4n) is 2.11. The van der Waals surface area contributed by atoms with Gasteiger partial charge in [-0.2, -0.15) is 0 Å². The highest BCUT2D eigenvalue weighted by Crippen LogP contribution is 2.27. The van der Waals surface area contributed by atoms with Crippen LogP contribution in [0, 0.1) is 0 Å². The number of carbonyl (C=O) groups is 1. The molecule has 1 N–H and O–H groups in total. The van der Waals surface area contributed by atoms with E-state index in [1.807, 2.05) is 31.1 Å². The van der Waals surface area contributed by atoms with E-state index in [-0.39, 0.29) is 12.1 Å². The Hall–Kier alpha value is -1.62. The third kappa shape index (κ3) is 2.39. The second-order valence-electron chi connectivity index (χ2n) is 4.24. The van der Waals surface area contributed by atoms with E-state index in [0.29, 0.717) is 0 Å². The first-order valence-corrected chi connectivity index (χ1v) is 5.80. The quantitative estimate of drug-likeness (QED) is 0.834. The Bertz CT molecular complexity index is 381. The molecule has 1 aliphatic rings. The molecular weight excluding hydrogens is 216 g/mol. The molecule has 2 heterocycles. The van der Waals surface area contributed by atoms with Gasteiger partial charge in [0.15, 0.2) is 0 Å². The number of likely N-dealkylation sites (N-methyl/N-ethyl adjacent to an activating group) is 2. The number of carbonyl (C=O) groups excluding carboxylic acids is 1. The molecule has 1 aliphatic heterocycles. The van der Waals surface area contributed by atoms with Gasteiger partial charge < -0.3 is 15.1 Å². The van der Waals surface area contributed by atoms with Crippen molar-refractivity contribution in [2.45, 2.75) is 6.04 Å². The van der Waals surface area contributed by atoms with Gasteiger partial charge in [-0.3, -0.25) is 4.98 Å². The number of aromatic nitrogens is 1. The Kier molecular flexibility index (Phi) is 3.58. The first kappa shape index (κ1) is 11.9. The molecule has 1 aromatic rings. The number of nitrogens with zero attached hydrogens (tertiary/aromatic N) is 3. The van der Waals surface area contributed by atoms with Gasteiger partial charge in [0, 0.05) is 39.1 Å². The maximum Gasteiger partial charge on any atom is 0.320 e. The van der Waals surface area contributed by atoms with Crippen molar-refractivity contribution in [3.05, 3.63) is 30.1 Å². The van der Waals surface area contributed by atoms with Gasteiger partial charge in [0.1, 0.15) is 0 Å². The second-order valence-corrected chi connectivity index (χ2v) is 4.24. The van der Waals surface area contributed by atoms with Crippen LogP contribution in [0.1, 0.15) is 11.6 Å². The highest BCUT2D eigenvalue weighted by atomic mass is 16.2. The molecule has 1 atom stereocenters. The maximum absolute atomic E-state index is 12.0. The summed E-state index contributed by atoms with van der Waals surface area (Å²) in [6.45, 7) is 2.32. The van der Waals surface area contributed by atoms with Crippen LogP contribution in [0.3, 0.4) is 0 Å². The molecule has 17 heavy (non-hydrogen) atoms. The topological polar surface area (TPSA) is 48.5 Å². The van der Waals surface area contributed by atoms with E-state index in [0.717, 1.165) is 25.2 Å². The third-order valence-electron chi connectivity index (χ3n) is 3.16. The standard InChI is InChI=1S/C12H18N4O/c1-13-7-8-16-9-11(15(2)12(16)17)10-3-5-14-6-4-10/h3-6,11,13H,7-9H2,1-2H3. The van der Waals surface area contributed by atoms with Crippen molar-refractivity contribution in [2.24, 2.45) is 0 Å². The van der Waals surface area contributed by atoms with Crippen molar-refractivity contribution in [2.75, 3.05) is 33.7 Å². The van der Waals surface area contributed by atoms with Crippen molar-refractivity contribution in [3.8, 4) is 0 Å². The summed E-state index contributed by atoms with van der Waals surface area (Å²) in [4.78, 5) is 19.7. The predicted molar refractivity (Wildman–Crippen MR) is 65.6 cm³/mol. The Labute approximate surface area is 101 Å². The Morgan fingerprint density at radius 1 is 1.47 bits per heavy atom. The summed E-state index contributed by atoms with van der Waals surface area (Å²) in [6.07, 6.45) is 3.54. The Morgan fingerprint density at radius 3 is 2.82 bits per heavy atom. The molecule has 5 heteroatoms. The number of hydrogen-bond donors (Lipinski definition) is 1. The molecule has 2 rings (SSSR count). The summed E-state index contributed by atoms with van der Waals surface area (Å²) in [6, 6.07) is 4.18. The molecule has 0 spiro atoms. The molecule has 0 aromatic carbocycles. The molecule has 1 saturated heterocycles. The van der Waals surface area contributed by atoms with E-state index in [1.54, 1.807) is 17.3 Å². The summed E-state index contributed by atoms with van der Waals surface area (Å²) in [5.74, 6) is 0. The largest absolute Gasteiger partial charge is 0.321 e. The molecular formula is C12H18N4O. The minimum absolute atomic E-state index is 0.0991. The molecule has 0 saturated carbocycles. The summed E-state index contributed by atoms with van der Waals surface area (Å²) >= 11 is 0. The first-order chi connectivity index (χ1) is 8.24. The fourth-order valence-corrected chi connectivity index (χ4v) is 2.11. The second kappa shape index (κ2) is 5.14. The van der Waals surface area contributed by atoms with Crippen LogP contribution >= 0.6 is 0 Å². The zero-order valence-corrected chi connectivity index (χ0v) is 10.3. The predicted octanol–water partition coefficient (Wildman–Crippen LogP) is 0.709. The van der Waals surface area contributed by atoms with Gasteiger partial charge in [0.25, 0.3) is 0 Å². The molecule has 2 amide bonds. The van der Waals surface area contributed by atoms with E-state index in [1.165, 1.54) is 0 Å². The van der Waals surface area contributed by atoms with Crippen LogP contribution in [0.15, 0.2) is 24.5 Å². The molecule has 1 aromatic heterocycles. The molecule has 0 radical (unpaired) electrons. The Balaban J connectivity index is 2.09. The minimum atomic E-state index is 0.0991. The lowest BCUT2D eigenvalue weighted by molar-refractivity contribution is 0.196. The lowest BCUT2D eigenvalue weighted by Gasteiger charge is -2.17. The van der Waals surface area contributed by atoms with Crippen LogP contribution in [-0.2, 0) is 0 Å². The number of rotatable bonds is 4. The zero-order chi connectivity index (χ0) is 12.3. The lowest BCUT2D eigenvalue weighted by Crippen LogP contribution is -2.34. The average molecular weight is 234 g/mol. The van der Waals surface area contributed by atoms with Crippen LogP contribution in [0.4, 0.5) is 4.79 Å². The normalized spacial score (nSPS) is 20.1. The van der Waals surface area contributed by atoms with Gasteiger partial charge in [-0.25, -0.2) is 4.79 Å². The smallest absolute Gasteiger partial charge is 0.320 e. The summed E-state index contributed by atoms with van der Waals surface area (Å²) < 4.78 is 0. The van der Waals surface area contributed by atoms with Gasteiger partial charge in [-0.1, -0.05) is 0 Å². The van der Waals surface area contributed by atoms with Crippen LogP contribution in [0.2, 0.25) is 0 Å². The van der Waals surface area contributed by atoms with Gasteiger partial charge in [0.2, 0.25) is 0 Å². The molecule has 92 valence electrons. The summed E-state index contributed by atoms with van der Waals surface area (Å²) in [5.41, 5.74) is 1.14. The van der Waals surface area contributed by atoms with Crippen molar-refractivity contribution in [1.29, 1.82) is 0 Å². The molecule has 0 aliphatic carbocycles. The number of nitrogens with one attached hydrogen (secondary N) is 1. The zero-order valence-electron chi connectivity index (χ0n) is 10.3. The minimum Gasteiger partial charge on any atom is -0.321 e. The van der Waals surface area contributed by atoms with E-state index >= 15 is 0 Å². The monoisotopic (exact) mass is 234 g/mol. The number of hydrogen-bond acceptors (Lipinski definition) is 3. The van der Waals surface area contributed by atoms with E-state index < -0.39 is 0 Å². The summed E-state index contributed by atoms with van der Waals surface area (Å²) in [5, 5.41) is 3.06. The van der Waals surface area contributed by atoms with Crippen molar-refractivity contribution in [3.63, 3.8) is 0 Å². The highest BCUT2D eigenvalue weighted by Gasteiger charge is 2.34. The fraction of sp³-hybridized carbons (Fsp3) is 0.500. The van der Waals surface area contributed by atoms with Gasteiger partial charge >= 0.3 is 6.03 Å². The van der Waals surface area contributed by atoms with Crippen LogP contribution in [-0.4, -0.2) is 54.5 Å². The van der Waals surface area contributed by atoms with Gasteiger partial charge in [-0.15, -0.1) is 0 Å². The lowest BCUT2D eigenvalue weighted by atomic mass is 10.1. The maximum atomic E-state index is 12.0. The molecule has 5 nitrogen and oxygen atoms in total. The van der Waals surface area contributed by atoms with Crippen molar-refractivity contribution < 1.29 is 4.79 Å². The van der Waals surface area contributed by atoms with Gasteiger partial charge in [0.05, 0.1) is 6.04 Å². The number of pyridine rings is 1. The molecule has 1 fully saturated rings. The van der Waals surface area contributed by atoms with E-state index in [4.69, 9.17) is 0 Å². The van der Waals surface area contributed by atoms with Gasteiger partial charge in [-0.05, 0) is 24.7 Å². The van der Waals surface area contributed by atoms with Crippen LogP contribution in [0.25, 0.3) is 0 Å². The number of urea groups is 1. The summed E-state index contributed by atoms with van der Waals surface area (Å²) in [7, 11) is 3.75. The third-order valence-corrected chi connectivity index (χ3v) is 3.16. The van der Waals surface area contributed by atoms with Crippen LogP contribution < -0.4 is 5.32 Å². The highest BCUT2D eigenvalue weighted by molar-refractivity contribution is 5.77. The van der Waals surface area contributed by atoms with Crippen molar-refractivity contribution in [1.82, 2.24) is 20.1 Å². The first-order valence-electron chi connectivity index (χ1n) is 5.80. The van der Waals surface area contributed by atoms with E-state index in [9.17, 15) is 4.79 Å². The molecule has 1 unspecified atom stereocenters. The number of amides is 2. The Morgan fingerprint density at radius 2 is 2.18 bits per heavy atom. The van der Waals surface area contributed by atoms with Crippen LogP contribution in [0.5, 0.6) is 0 Å². The van der Waals surface area contributed by atoms with E-state index in [2.05, 4.69) is 10.3 Å².